The van der Waals surface area contributed by atoms with Gasteiger partial charge in [-0.3, -0.25) is 4.79 Å². The Labute approximate surface area is 64.7 Å². The third-order valence-electron chi connectivity index (χ3n) is 1.63. The predicted octanol–water partition coefficient (Wildman–Crippen LogP) is 2.43. The quantitative estimate of drug-likeness (QED) is 0.598. The van der Waals surface area contributed by atoms with E-state index in [2.05, 4.69) is 6.92 Å². The summed E-state index contributed by atoms with van der Waals surface area (Å²) in [4.78, 5) is 11.7. The van der Waals surface area contributed by atoms with Crippen molar-refractivity contribution in [3.05, 3.63) is 21.4 Å². The predicted molar refractivity (Wildman–Crippen MR) is 43.8 cm³/mol. The Balaban J connectivity index is 3.08. The van der Waals surface area contributed by atoms with E-state index in [0.717, 1.165) is 23.8 Å². The molecule has 1 nitrogen and oxygen atoms in total. The van der Waals surface area contributed by atoms with Crippen molar-refractivity contribution in [2.45, 2.75) is 20.3 Å². The molecule has 0 saturated carbocycles. The van der Waals surface area contributed by atoms with Crippen LogP contribution in [0.15, 0.2) is 5.38 Å². The molecule has 0 aliphatic heterocycles. The molecule has 1 rings (SSSR count). The van der Waals surface area contributed by atoms with Crippen molar-refractivity contribution in [1.82, 2.24) is 0 Å². The van der Waals surface area contributed by atoms with E-state index in [0.29, 0.717) is 0 Å². The summed E-state index contributed by atoms with van der Waals surface area (Å²) in [6.45, 7) is 4.10. The van der Waals surface area contributed by atoms with Crippen molar-refractivity contribution in [1.29, 1.82) is 0 Å². The van der Waals surface area contributed by atoms with Gasteiger partial charge in [0, 0.05) is 15.8 Å². The molecule has 0 unspecified atom stereocenters. The van der Waals surface area contributed by atoms with Crippen molar-refractivity contribution < 1.29 is 4.79 Å². The number of carbonyl (C=O) groups is 1. The molecule has 0 amide bonds. The molecule has 0 aliphatic rings. The molecular formula is C8H10OS. The van der Waals surface area contributed by atoms with Crippen LogP contribution in [0.3, 0.4) is 0 Å². The first-order valence-electron chi connectivity index (χ1n) is 3.31. The Hall–Kier alpha value is -0.630. The van der Waals surface area contributed by atoms with E-state index >= 15 is 0 Å². The van der Waals surface area contributed by atoms with Gasteiger partial charge in [-0.2, -0.15) is 0 Å². The van der Waals surface area contributed by atoms with Gasteiger partial charge in [0.15, 0.2) is 6.29 Å². The second-order valence-electron chi connectivity index (χ2n) is 2.21. The van der Waals surface area contributed by atoms with E-state index in [4.69, 9.17) is 0 Å². The van der Waals surface area contributed by atoms with Crippen LogP contribution in [0.4, 0.5) is 0 Å². The smallest absolute Gasteiger partial charge is 0.151 e. The van der Waals surface area contributed by atoms with Crippen LogP contribution in [-0.4, -0.2) is 6.29 Å². The van der Waals surface area contributed by atoms with Gasteiger partial charge in [0.2, 0.25) is 0 Å². The van der Waals surface area contributed by atoms with Crippen molar-refractivity contribution >= 4 is 17.6 Å². The Bertz CT molecular complexity index is 237. The molecule has 1 heterocycles. The van der Waals surface area contributed by atoms with E-state index in [1.54, 1.807) is 11.3 Å². The third kappa shape index (κ3) is 1.12. The lowest BCUT2D eigenvalue weighted by molar-refractivity contribution is 0.112. The monoisotopic (exact) mass is 154 g/mol. The van der Waals surface area contributed by atoms with Gasteiger partial charge in [-0.05, 0) is 18.9 Å². The Morgan fingerprint density at radius 3 is 2.70 bits per heavy atom. The van der Waals surface area contributed by atoms with Gasteiger partial charge in [-0.1, -0.05) is 6.92 Å². The highest BCUT2D eigenvalue weighted by molar-refractivity contribution is 7.10. The molecule has 10 heavy (non-hydrogen) atoms. The Morgan fingerprint density at radius 1 is 1.70 bits per heavy atom. The molecule has 1 aromatic heterocycles. The van der Waals surface area contributed by atoms with Crippen LogP contribution in [0.1, 0.15) is 27.7 Å². The minimum Gasteiger partial charge on any atom is -0.298 e. The average molecular weight is 154 g/mol. The molecule has 0 spiro atoms. The first-order valence-corrected chi connectivity index (χ1v) is 4.19. The van der Waals surface area contributed by atoms with Crippen molar-refractivity contribution in [2.24, 2.45) is 0 Å². The van der Waals surface area contributed by atoms with Crippen LogP contribution < -0.4 is 0 Å². The second-order valence-corrected chi connectivity index (χ2v) is 3.17. The van der Waals surface area contributed by atoms with Crippen LogP contribution in [0.2, 0.25) is 0 Å². The molecule has 0 aliphatic carbocycles. The molecule has 0 saturated heterocycles. The maximum Gasteiger partial charge on any atom is 0.151 e. The lowest BCUT2D eigenvalue weighted by atomic mass is 10.2. The maximum atomic E-state index is 10.4. The highest BCUT2D eigenvalue weighted by Gasteiger charge is 2.02. The molecule has 0 aromatic carbocycles. The summed E-state index contributed by atoms with van der Waals surface area (Å²) < 4.78 is 0. The normalized spacial score (nSPS) is 9.80. The summed E-state index contributed by atoms with van der Waals surface area (Å²) in [5, 5.41) is 1.92. The first-order chi connectivity index (χ1) is 4.79. The fourth-order valence-corrected chi connectivity index (χ4v) is 1.90. The molecule has 0 N–H and O–H groups in total. The van der Waals surface area contributed by atoms with Crippen molar-refractivity contribution in [3.8, 4) is 0 Å². The summed E-state index contributed by atoms with van der Waals surface area (Å²) >= 11 is 1.67. The molecule has 0 bridgehead atoms. The van der Waals surface area contributed by atoms with Gasteiger partial charge in [0.1, 0.15) is 0 Å². The fraction of sp³-hybridized carbons (Fsp3) is 0.375. The number of rotatable bonds is 2. The molecular weight excluding hydrogens is 144 g/mol. The number of aryl methyl sites for hydroxylation is 1. The van der Waals surface area contributed by atoms with Crippen molar-refractivity contribution in [3.63, 3.8) is 0 Å². The Morgan fingerprint density at radius 2 is 2.40 bits per heavy atom. The Kier molecular flexibility index (Phi) is 2.22. The standard InChI is InChI=1S/C8H10OS/c1-3-8-6(2)7(4-9)5-10-8/h4-5H,3H2,1-2H3. The van der Waals surface area contributed by atoms with Crippen LogP contribution in [-0.2, 0) is 6.42 Å². The second kappa shape index (κ2) is 2.97. The summed E-state index contributed by atoms with van der Waals surface area (Å²) in [6.07, 6.45) is 1.95. The van der Waals surface area contributed by atoms with Gasteiger partial charge < -0.3 is 0 Å². The average Bonchev–Trinajstić information content (AvgIpc) is 2.30. The maximum absolute atomic E-state index is 10.4. The summed E-state index contributed by atoms with van der Waals surface area (Å²) in [5.41, 5.74) is 2.00. The lowest BCUT2D eigenvalue weighted by Crippen LogP contribution is -1.81. The molecule has 0 radical (unpaired) electrons. The number of hydrogen-bond donors (Lipinski definition) is 0. The van der Waals surface area contributed by atoms with Crippen molar-refractivity contribution in [2.75, 3.05) is 0 Å². The summed E-state index contributed by atoms with van der Waals surface area (Å²) in [7, 11) is 0. The van der Waals surface area contributed by atoms with Gasteiger partial charge >= 0.3 is 0 Å². The minimum absolute atomic E-state index is 0.849. The molecule has 1 aromatic rings. The molecule has 2 heteroatoms. The number of carbonyl (C=O) groups excluding carboxylic acids is 1. The lowest BCUT2D eigenvalue weighted by Gasteiger charge is -1.91. The molecule has 54 valence electrons. The summed E-state index contributed by atoms with van der Waals surface area (Å²) in [6, 6.07) is 0. The van der Waals surface area contributed by atoms with E-state index < -0.39 is 0 Å². The SMILES string of the molecule is CCc1scc(C=O)c1C. The van der Waals surface area contributed by atoms with Crippen LogP contribution >= 0.6 is 11.3 Å². The fourth-order valence-electron chi connectivity index (χ4n) is 0.937. The van der Waals surface area contributed by atoms with E-state index in [1.165, 1.54) is 4.88 Å². The largest absolute Gasteiger partial charge is 0.298 e. The van der Waals surface area contributed by atoms with Gasteiger partial charge in [-0.15, -0.1) is 11.3 Å². The van der Waals surface area contributed by atoms with E-state index in [-0.39, 0.29) is 0 Å². The van der Waals surface area contributed by atoms with Gasteiger partial charge in [0.25, 0.3) is 0 Å². The highest BCUT2D eigenvalue weighted by atomic mass is 32.1. The van der Waals surface area contributed by atoms with Crippen LogP contribution in [0.5, 0.6) is 0 Å². The van der Waals surface area contributed by atoms with Crippen LogP contribution in [0, 0.1) is 6.92 Å². The summed E-state index contributed by atoms with van der Waals surface area (Å²) in [5.74, 6) is 0. The van der Waals surface area contributed by atoms with Gasteiger partial charge in [-0.25, -0.2) is 0 Å². The number of aldehydes is 1. The first kappa shape index (κ1) is 7.48. The number of hydrogen-bond acceptors (Lipinski definition) is 2. The topological polar surface area (TPSA) is 17.1 Å². The number of thiophene rings is 1. The minimum atomic E-state index is 0.849. The molecule has 0 atom stereocenters. The zero-order valence-corrected chi connectivity index (χ0v) is 6.99. The van der Waals surface area contributed by atoms with E-state index in [9.17, 15) is 4.79 Å². The third-order valence-corrected chi connectivity index (χ3v) is 2.88. The highest BCUT2D eigenvalue weighted by Crippen LogP contribution is 2.20. The van der Waals surface area contributed by atoms with Crippen LogP contribution in [0.25, 0.3) is 0 Å². The van der Waals surface area contributed by atoms with Gasteiger partial charge in [0.05, 0.1) is 0 Å². The van der Waals surface area contributed by atoms with E-state index in [1.807, 2.05) is 12.3 Å². The zero-order valence-electron chi connectivity index (χ0n) is 6.18. The molecule has 0 fully saturated rings. The zero-order chi connectivity index (χ0) is 7.56.